The molecule has 1 atom stereocenters. The van der Waals surface area contributed by atoms with Gasteiger partial charge in [-0.2, -0.15) is 5.10 Å². The highest BCUT2D eigenvalue weighted by molar-refractivity contribution is 5.40. The smallest absolute Gasteiger partial charge is 0.268 e. The van der Waals surface area contributed by atoms with Crippen molar-refractivity contribution in [2.75, 3.05) is 19.0 Å². The van der Waals surface area contributed by atoms with E-state index in [0.717, 1.165) is 16.8 Å². The summed E-state index contributed by atoms with van der Waals surface area (Å²) in [5.41, 5.74) is 9.00. The maximum atomic E-state index is 12.0. The number of benzene rings is 1. The Hall–Kier alpha value is -2.14. The lowest BCUT2D eigenvalue weighted by atomic mass is 10.0. The maximum absolute atomic E-state index is 12.0. The normalized spacial score (nSPS) is 12.2. The van der Waals surface area contributed by atoms with Gasteiger partial charge in [-0.3, -0.25) is 4.79 Å². The molecule has 0 saturated carbocycles. The van der Waals surface area contributed by atoms with Crippen LogP contribution in [-0.4, -0.2) is 23.9 Å². The third-order valence-electron chi connectivity index (χ3n) is 3.33. The molecule has 0 aliphatic carbocycles. The van der Waals surface area contributed by atoms with Crippen LogP contribution in [0, 0.1) is 6.92 Å². The molecule has 2 aromatic rings. The zero-order valence-corrected chi connectivity index (χ0v) is 12.1. The van der Waals surface area contributed by atoms with Gasteiger partial charge in [-0.05, 0) is 18.1 Å². The van der Waals surface area contributed by atoms with Crippen molar-refractivity contribution in [3.63, 3.8) is 0 Å². The number of rotatable bonds is 4. The Labute approximate surface area is 118 Å². The van der Waals surface area contributed by atoms with Gasteiger partial charge in [-0.25, -0.2) is 4.68 Å². The fourth-order valence-electron chi connectivity index (χ4n) is 2.09. The van der Waals surface area contributed by atoms with E-state index in [4.69, 9.17) is 5.73 Å². The van der Waals surface area contributed by atoms with Crippen molar-refractivity contribution in [3.8, 4) is 0 Å². The molecule has 0 fully saturated rings. The number of hydrogen-bond donors (Lipinski definition) is 1. The molecule has 0 bridgehead atoms. The molecule has 106 valence electrons. The molecular weight excluding hydrogens is 252 g/mol. The van der Waals surface area contributed by atoms with E-state index in [1.165, 1.54) is 4.68 Å². The number of nitrogens with two attached hydrogens (primary N) is 1. The molecule has 1 aromatic heterocycles. The van der Waals surface area contributed by atoms with Crippen LogP contribution in [0.1, 0.15) is 17.2 Å². The minimum atomic E-state index is -0.244. The quantitative estimate of drug-likeness (QED) is 0.911. The molecule has 0 aliphatic heterocycles. The zero-order chi connectivity index (χ0) is 14.7. The Bertz CT molecular complexity index is 648. The first kappa shape index (κ1) is 14.3. The highest BCUT2D eigenvalue weighted by Crippen LogP contribution is 2.16. The van der Waals surface area contributed by atoms with Crippen molar-refractivity contribution in [2.45, 2.75) is 19.5 Å². The third-order valence-corrected chi connectivity index (χ3v) is 3.33. The first-order valence-corrected chi connectivity index (χ1v) is 6.54. The van der Waals surface area contributed by atoms with Gasteiger partial charge in [0.15, 0.2) is 0 Å². The molecule has 0 aliphatic rings. The molecule has 5 heteroatoms. The highest BCUT2D eigenvalue weighted by Gasteiger charge is 2.11. The predicted molar refractivity (Wildman–Crippen MR) is 80.9 cm³/mol. The van der Waals surface area contributed by atoms with E-state index >= 15 is 0 Å². The van der Waals surface area contributed by atoms with E-state index in [9.17, 15) is 4.79 Å². The summed E-state index contributed by atoms with van der Waals surface area (Å²) in [6.07, 6.45) is 1.67. The van der Waals surface area contributed by atoms with Gasteiger partial charge in [0.05, 0.1) is 18.4 Å². The number of nitrogens with zero attached hydrogens (tertiary/aromatic N) is 3. The van der Waals surface area contributed by atoms with Crippen molar-refractivity contribution in [3.05, 3.63) is 58.0 Å². The zero-order valence-electron chi connectivity index (χ0n) is 12.1. The van der Waals surface area contributed by atoms with Gasteiger partial charge in [-0.1, -0.05) is 24.3 Å². The maximum Gasteiger partial charge on any atom is 0.268 e. The number of anilines is 1. The molecule has 1 heterocycles. The van der Waals surface area contributed by atoms with E-state index in [1.54, 1.807) is 12.3 Å². The van der Waals surface area contributed by atoms with E-state index in [-0.39, 0.29) is 11.6 Å². The summed E-state index contributed by atoms with van der Waals surface area (Å²) in [6.45, 7) is 2.39. The van der Waals surface area contributed by atoms with Gasteiger partial charge in [0, 0.05) is 26.2 Å². The molecule has 5 nitrogen and oxygen atoms in total. The van der Waals surface area contributed by atoms with Crippen molar-refractivity contribution in [2.24, 2.45) is 5.73 Å². The van der Waals surface area contributed by atoms with Crippen molar-refractivity contribution in [1.29, 1.82) is 0 Å². The van der Waals surface area contributed by atoms with Crippen LogP contribution in [0.5, 0.6) is 0 Å². The molecule has 0 saturated heterocycles. The highest BCUT2D eigenvalue weighted by atomic mass is 16.1. The second kappa shape index (κ2) is 5.88. The monoisotopic (exact) mass is 272 g/mol. The molecule has 1 unspecified atom stereocenters. The molecule has 20 heavy (non-hydrogen) atoms. The lowest BCUT2D eigenvalue weighted by Gasteiger charge is -2.16. The second-order valence-corrected chi connectivity index (χ2v) is 5.09. The number of aryl methyl sites for hydroxylation is 1. The fourth-order valence-corrected chi connectivity index (χ4v) is 2.09. The van der Waals surface area contributed by atoms with Crippen LogP contribution in [0.3, 0.4) is 0 Å². The first-order valence-electron chi connectivity index (χ1n) is 6.54. The Balaban J connectivity index is 2.22. The molecule has 2 rings (SSSR count). The van der Waals surface area contributed by atoms with Crippen molar-refractivity contribution >= 4 is 5.69 Å². The molecule has 1 aromatic carbocycles. The average molecular weight is 272 g/mol. The standard InChI is InChI=1S/C15H20N4O/c1-11-6-4-5-7-13(11)14(16)10-19-15(20)8-12(9-17-19)18(2)3/h4-9,14H,10,16H2,1-3H3. The van der Waals surface area contributed by atoms with E-state index in [2.05, 4.69) is 5.10 Å². The fraction of sp³-hybridized carbons (Fsp3) is 0.333. The van der Waals surface area contributed by atoms with Crippen LogP contribution in [0.2, 0.25) is 0 Å². The summed E-state index contributed by atoms with van der Waals surface area (Å²) >= 11 is 0. The minimum Gasteiger partial charge on any atom is -0.376 e. The molecule has 2 N–H and O–H groups in total. The Morgan fingerprint density at radius 3 is 2.65 bits per heavy atom. The average Bonchev–Trinajstić information content (AvgIpc) is 2.41. The first-order chi connectivity index (χ1) is 9.49. The summed E-state index contributed by atoms with van der Waals surface area (Å²) in [7, 11) is 3.75. The van der Waals surface area contributed by atoms with Gasteiger partial charge in [-0.15, -0.1) is 0 Å². The Kier molecular flexibility index (Phi) is 4.20. The summed E-state index contributed by atoms with van der Waals surface area (Å²) < 4.78 is 1.41. The molecule has 0 radical (unpaired) electrons. The topological polar surface area (TPSA) is 64.2 Å². The summed E-state index contributed by atoms with van der Waals surface area (Å²) in [4.78, 5) is 13.9. The largest absolute Gasteiger partial charge is 0.376 e. The molecule has 0 amide bonds. The van der Waals surface area contributed by atoms with Crippen LogP contribution in [0.15, 0.2) is 41.3 Å². The van der Waals surface area contributed by atoms with Gasteiger partial charge in [0.2, 0.25) is 0 Å². The SMILES string of the molecule is Cc1ccccc1C(N)Cn1ncc(N(C)C)cc1=O. The Morgan fingerprint density at radius 2 is 2.05 bits per heavy atom. The summed E-state index contributed by atoms with van der Waals surface area (Å²) in [5.74, 6) is 0. The minimum absolute atomic E-state index is 0.139. The second-order valence-electron chi connectivity index (χ2n) is 5.09. The Morgan fingerprint density at radius 1 is 1.35 bits per heavy atom. The number of aromatic nitrogens is 2. The summed E-state index contributed by atoms with van der Waals surface area (Å²) in [5, 5.41) is 4.18. The van der Waals surface area contributed by atoms with Crippen molar-refractivity contribution in [1.82, 2.24) is 9.78 Å². The lowest BCUT2D eigenvalue weighted by molar-refractivity contribution is 0.502. The molecule has 0 spiro atoms. The van der Waals surface area contributed by atoms with Gasteiger partial charge in [0.1, 0.15) is 0 Å². The third kappa shape index (κ3) is 3.05. The summed E-state index contributed by atoms with van der Waals surface area (Å²) in [6, 6.07) is 9.25. The van der Waals surface area contributed by atoms with Gasteiger partial charge in [0.25, 0.3) is 5.56 Å². The van der Waals surface area contributed by atoms with E-state index in [0.29, 0.717) is 6.54 Å². The van der Waals surface area contributed by atoms with Crippen LogP contribution in [0.4, 0.5) is 5.69 Å². The lowest BCUT2D eigenvalue weighted by Crippen LogP contribution is -2.29. The van der Waals surface area contributed by atoms with Gasteiger partial charge < -0.3 is 10.6 Å². The number of hydrogen-bond acceptors (Lipinski definition) is 4. The predicted octanol–water partition coefficient (Wildman–Crippen LogP) is 1.32. The van der Waals surface area contributed by atoms with E-state index < -0.39 is 0 Å². The molecular formula is C15H20N4O. The van der Waals surface area contributed by atoms with Crippen LogP contribution in [0.25, 0.3) is 0 Å². The van der Waals surface area contributed by atoms with Crippen LogP contribution < -0.4 is 16.2 Å². The van der Waals surface area contributed by atoms with Crippen molar-refractivity contribution < 1.29 is 0 Å². The van der Waals surface area contributed by atoms with Crippen LogP contribution in [-0.2, 0) is 6.54 Å². The van der Waals surface area contributed by atoms with E-state index in [1.807, 2.05) is 50.2 Å². The van der Waals surface area contributed by atoms with Gasteiger partial charge >= 0.3 is 0 Å². The van der Waals surface area contributed by atoms with Crippen LogP contribution >= 0.6 is 0 Å².